The molecule has 2 aliphatic rings. The Bertz CT molecular complexity index is 2470. The maximum absolute atomic E-state index is 16.0. The van der Waals surface area contributed by atoms with E-state index in [4.69, 9.17) is 23.6 Å². The minimum Gasteiger partial charge on any atom is -0.505 e. The van der Waals surface area contributed by atoms with Gasteiger partial charge in [-0.2, -0.15) is 0 Å². The van der Waals surface area contributed by atoms with Crippen molar-refractivity contribution in [1.82, 2.24) is 4.98 Å². The normalized spacial score (nSPS) is 30.7. The fourth-order valence-corrected chi connectivity index (χ4v) is 7.91. The lowest BCUT2D eigenvalue weighted by atomic mass is 9.78. The van der Waals surface area contributed by atoms with Crippen LogP contribution in [0.3, 0.4) is 0 Å². The van der Waals surface area contributed by atoms with E-state index in [0.29, 0.717) is 5.56 Å². The van der Waals surface area contributed by atoms with E-state index in [1.807, 2.05) is 0 Å². The number of ketones is 1. The first-order chi connectivity index (χ1) is 27.2. The van der Waals surface area contributed by atoms with Gasteiger partial charge in [0.2, 0.25) is 0 Å². The Hall–Kier alpha value is -5.15. The molecule has 9 atom stereocenters. The van der Waals surface area contributed by atoms with Crippen molar-refractivity contribution < 1.29 is 53.0 Å². The van der Waals surface area contributed by atoms with E-state index in [2.05, 4.69) is 5.32 Å². The zero-order valence-electron chi connectivity index (χ0n) is 34.2. The number of hydrogen-bond donors (Lipinski definition) is 5. The van der Waals surface area contributed by atoms with Gasteiger partial charge in [-0.3, -0.25) is 14.4 Å². The van der Waals surface area contributed by atoms with Crippen LogP contribution in [0.5, 0.6) is 11.5 Å². The maximum atomic E-state index is 16.0. The summed E-state index contributed by atoms with van der Waals surface area (Å²) in [7, 11) is 1.43. The number of anilines is 1. The SMILES string of the molecule is CO[C@H]1/C=C/O[C@@]2(C)Oc3c(C)c(=O)c4c(O)c(c5oc6c(F)c(C(C)C)ccc6nc5c4c3C2=O)NC(=O)/C(C)=C\C=C\[C@H](C)[C@H](O)[C@@H](C)[C@@H](O)[C@@H](C)[C@H](O)[C@@H]1C. The summed E-state index contributed by atoms with van der Waals surface area (Å²) in [4.78, 5) is 47.2. The first kappa shape index (κ1) is 42.5. The standard InChI is InChI=1S/C44H51FN2O11/c1-18(2)25-14-15-26-40(31(25)45)57-41-32(46-26)28-29-37(51)24(8)39-30(28)42(53)44(9,58-39)56-17-16-27(55-10)21(5)35(49)23(7)36(50)22(6)34(48)19(3)12-11-13-20(4)43(54)47-33(41)38(29)52/h11-19,21-23,27,34-36,48-50,52H,1-10H3,(H,47,54)/b12-11+,17-16+,20-13-/t19-,21+,22+,23-,27-,34-,35+,36+,44-/m0/s1. The molecule has 1 amide bonds. The van der Waals surface area contributed by atoms with Crippen LogP contribution in [0.15, 0.2) is 57.5 Å². The van der Waals surface area contributed by atoms with E-state index in [0.717, 1.165) is 0 Å². The van der Waals surface area contributed by atoms with Gasteiger partial charge in [-0.15, -0.1) is 0 Å². The number of phenolic OH excluding ortho intramolecular Hbond substituents is 1. The first-order valence-electron chi connectivity index (χ1n) is 19.3. The van der Waals surface area contributed by atoms with Gasteiger partial charge in [-0.05, 0) is 37.5 Å². The highest BCUT2D eigenvalue weighted by Crippen LogP contribution is 2.48. The first-order valence-corrected chi connectivity index (χ1v) is 19.3. The second-order valence-electron chi connectivity index (χ2n) is 16.1. The van der Waals surface area contributed by atoms with Crippen LogP contribution in [-0.2, 0) is 14.3 Å². The zero-order chi connectivity index (χ0) is 42.7. The van der Waals surface area contributed by atoms with E-state index in [-0.39, 0.29) is 67.0 Å². The molecule has 0 saturated heterocycles. The molecule has 0 aliphatic carbocycles. The molecule has 6 rings (SSSR count). The fraction of sp³-hybridized carbons (Fsp3) is 0.455. The molecule has 0 unspecified atom stereocenters. The van der Waals surface area contributed by atoms with Gasteiger partial charge < -0.3 is 44.4 Å². The molecule has 4 aromatic rings. The van der Waals surface area contributed by atoms with E-state index in [1.54, 1.807) is 65.8 Å². The summed E-state index contributed by atoms with van der Waals surface area (Å²) in [6, 6.07) is 3.10. The Morgan fingerprint density at radius 2 is 1.59 bits per heavy atom. The molecule has 58 heavy (non-hydrogen) atoms. The van der Waals surface area contributed by atoms with Gasteiger partial charge in [-0.25, -0.2) is 9.37 Å². The number of halogens is 1. The molecule has 2 aliphatic heterocycles. The average molecular weight is 803 g/mol. The summed E-state index contributed by atoms with van der Waals surface area (Å²) in [6.07, 6.45) is 3.28. The minimum absolute atomic E-state index is 0.0394. The van der Waals surface area contributed by atoms with Crippen LogP contribution in [0.2, 0.25) is 0 Å². The van der Waals surface area contributed by atoms with E-state index in [1.165, 1.54) is 46.3 Å². The Morgan fingerprint density at radius 3 is 2.24 bits per heavy atom. The quantitative estimate of drug-likeness (QED) is 0.0819. The molecule has 5 N–H and O–H groups in total. The summed E-state index contributed by atoms with van der Waals surface area (Å²) >= 11 is 0. The highest BCUT2D eigenvalue weighted by atomic mass is 19.1. The summed E-state index contributed by atoms with van der Waals surface area (Å²) in [5.41, 5.74) is -1.55. The van der Waals surface area contributed by atoms with Crippen LogP contribution in [0.25, 0.3) is 33.0 Å². The van der Waals surface area contributed by atoms with Gasteiger partial charge in [0, 0.05) is 54.2 Å². The smallest absolute Gasteiger partial charge is 0.312 e. The van der Waals surface area contributed by atoms with Crippen LogP contribution in [0.1, 0.15) is 82.8 Å². The second-order valence-corrected chi connectivity index (χ2v) is 16.1. The Labute approximate surface area is 334 Å². The number of aliphatic hydroxyl groups is 3. The van der Waals surface area contributed by atoms with Crippen molar-refractivity contribution in [2.75, 3.05) is 12.4 Å². The summed E-state index contributed by atoms with van der Waals surface area (Å²) in [6.45, 7) is 14.7. The van der Waals surface area contributed by atoms with Gasteiger partial charge >= 0.3 is 5.79 Å². The zero-order valence-corrected chi connectivity index (χ0v) is 34.2. The van der Waals surface area contributed by atoms with Crippen molar-refractivity contribution in [3.8, 4) is 11.5 Å². The van der Waals surface area contributed by atoms with E-state index < -0.39 is 82.6 Å². The lowest BCUT2D eigenvalue weighted by Crippen LogP contribution is -2.44. The molecule has 0 spiro atoms. The number of hydrogen-bond acceptors (Lipinski definition) is 12. The summed E-state index contributed by atoms with van der Waals surface area (Å²) in [5.74, 6) is -7.87. The Kier molecular flexibility index (Phi) is 11.6. The monoisotopic (exact) mass is 802 g/mol. The van der Waals surface area contributed by atoms with Crippen molar-refractivity contribution >= 4 is 50.3 Å². The number of ether oxygens (including phenoxy) is 3. The van der Waals surface area contributed by atoms with Crippen molar-refractivity contribution in [2.24, 2.45) is 23.7 Å². The number of aliphatic hydroxyl groups excluding tert-OH is 3. The lowest BCUT2D eigenvalue weighted by Gasteiger charge is -2.36. The van der Waals surface area contributed by atoms with Gasteiger partial charge in [0.15, 0.2) is 28.2 Å². The number of nitrogens with one attached hydrogen (secondary N) is 1. The highest BCUT2D eigenvalue weighted by molar-refractivity contribution is 6.26. The number of benzene rings is 3. The van der Waals surface area contributed by atoms with Crippen molar-refractivity contribution in [1.29, 1.82) is 0 Å². The number of Topliss-reactive ketones (excluding diaryl/α,β-unsaturated/α-hetero) is 1. The number of aromatic nitrogens is 1. The highest BCUT2D eigenvalue weighted by Gasteiger charge is 2.49. The van der Waals surface area contributed by atoms with Crippen molar-refractivity contribution in [3.63, 3.8) is 0 Å². The number of aromatic hydroxyl groups is 1. The number of rotatable bonds is 2. The van der Waals surface area contributed by atoms with E-state index in [9.17, 15) is 34.8 Å². The van der Waals surface area contributed by atoms with Gasteiger partial charge in [0.25, 0.3) is 11.7 Å². The molecular weight excluding hydrogens is 751 g/mol. The number of carbonyl (C=O) groups is 2. The predicted molar refractivity (Wildman–Crippen MR) is 216 cm³/mol. The average Bonchev–Trinajstić information content (AvgIpc) is 3.46. The maximum Gasteiger partial charge on any atom is 0.312 e. The molecule has 0 fully saturated rings. The third-order valence-electron chi connectivity index (χ3n) is 11.8. The van der Waals surface area contributed by atoms with Gasteiger partial charge in [-0.1, -0.05) is 65.8 Å². The van der Waals surface area contributed by atoms with Crippen LogP contribution >= 0.6 is 0 Å². The van der Waals surface area contributed by atoms with Crippen LogP contribution in [0.4, 0.5) is 10.1 Å². The van der Waals surface area contributed by atoms with Crippen molar-refractivity contribution in [2.45, 2.75) is 98.4 Å². The molecule has 0 saturated carbocycles. The lowest BCUT2D eigenvalue weighted by molar-refractivity contribution is -0.112. The molecule has 4 bridgehead atoms. The molecular formula is C44H51FN2O11. The molecule has 3 aromatic carbocycles. The molecule has 1 aromatic heterocycles. The van der Waals surface area contributed by atoms with Crippen LogP contribution < -0.4 is 15.5 Å². The van der Waals surface area contributed by atoms with Gasteiger partial charge in [0.1, 0.15) is 22.5 Å². The summed E-state index contributed by atoms with van der Waals surface area (Å²) < 4.78 is 40.0. The fourth-order valence-electron chi connectivity index (χ4n) is 7.91. The molecule has 3 heterocycles. The third kappa shape index (κ3) is 7.05. The third-order valence-corrected chi connectivity index (χ3v) is 11.8. The van der Waals surface area contributed by atoms with Crippen LogP contribution in [0, 0.1) is 36.4 Å². The second kappa shape index (κ2) is 15.9. The number of phenols is 1. The number of nitrogens with zero attached hydrogens (tertiary/aromatic N) is 1. The Balaban J connectivity index is 1.62. The number of fused-ring (bicyclic) bond motifs is 2. The summed E-state index contributed by atoms with van der Waals surface area (Å²) in [5, 5.41) is 47.9. The Morgan fingerprint density at radius 1 is 0.931 bits per heavy atom. The largest absolute Gasteiger partial charge is 0.505 e. The molecule has 310 valence electrons. The van der Waals surface area contributed by atoms with E-state index >= 15 is 4.39 Å². The van der Waals surface area contributed by atoms with Crippen LogP contribution in [-0.4, -0.2) is 74.4 Å². The molecule has 14 heteroatoms. The number of allylic oxidation sites excluding steroid dienone is 2. The van der Waals surface area contributed by atoms with Gasteiger partial charge in [0.05, 0.1) is 41.6 Å². The number of carbonyl (C=O) groups excluding carboxylic acids is 2. The number of methoxy groups -OCH3 is 1. The topological polar surface area (TPSA) is 198 Å². The number of amides is 1. The minimum atomic E-state index is -2.06. The molecule has 0 radical (unpaired) electrons. The predicted octanol–water partition coefficient (Wildman–Crippen LogP) is 6.69. The van der Waals surface area contributed by atoms with Crippen molar-refractivity contribution in [3.05, 3.63) is 81.0 Å². The molecule has 13 nitrogen and oxygen atoms in total.